The van der Waals surface area contributed by atoms with Crippen molar-refractivity contribution in [1.82, 2.24) is 16.0 Å². The zero-order valence-corrected chi connectivity index (χ0v) is 12.9. The van der Waals surface area contributed by atoms with E-state index in [1.807, 2.05) is 0 Å². The van der Waals surface area contributed by atoms with Crippen LogP contribution in [0.2, 0.25) is 0 Å². The van der Waals surface area contributed by atoms with Gasteiger partial charge in [0, 0.05) is 18.7 Å². The fourth-order valence-electron chi connectivity index (χ4n) is 2.00. The van der Waals surface area contributed by atoms with Crippen molar-refractivity contribution >= 4 is 11.8 Å². The van der Waals surface area contributed by atoms with Crippen molar-refractivity contribution < 1.29 is 14.3 Å². The highest BCUT2D eigenvalue weighted by Crippen LogP contribution is 2.27. The van der Waals surface area contributed by atoms with E-state index in [-0.39, 0.29) is 11.8 Å². The fraction of sp³-hybridized carbons (Fsp3) is 0.500. The van der Waals surface area contributed by atoms with E-state index in [1.165, 1.54) is 12.8 Å². The molecule has 2 rings (SSSR count). The van der Waals surface area contributed by atoms with Crippen LogP contribution in [0.5, 0.6) is 5.75 Å². The molecule has 1 saturated carbocycles. The Kier molecular flexibility index (Phi) is 6.21. The Labute approximate surface area is 130 Å². The van der Waals surface area contributed by atoms with Gasteiger partial charge in [0.1, 0.15) is 5.75 Å². The zero-order valence-electron chi connectivity index (χ0n) is 12.9. The summed E-state index contributed by atoms with van der Waals surface area (Å²) < 4.78 is 5.04. The van der Waals surface area contributed by atoms with Crippen LogP contribution in [0.25, 0.3) is 0 Å². The van der Waals surface area contributed by atoms with Gasteiger partial charge in [0.2, 0.25) is 5.91 Å². The second-order valence-electron chi connectivity index (χ2n) is 5.41. The number of hydrogen-bond donors (Lipinski definition) is 3. The highest BCUT2D eigenvalue weighted by atomic mass is 16.5. The third kappa shape index (κ3) is 5.73. The molecule has 0 unspecified atom stereocenters. The molecule has 1 aromatic carbocycles. The molecule has 6 heteroatoms. The molecule has 1 fully saturated rings. The molecule has 22 heavy (non-hydrogen) atoms. The number of rotatable bonds is 9. The van der Waals surface area contributed by atoms with Crippen molar-refractivity contribution in [2.75, 3.05) is 33.3 Å². The van der Waals surface area contributed by atoms with E-state index in [0.717, 1.165) is 12.5 Å². The summed E-state index contributed by atoms with van der Waals surface area (Å²) in [6.07, 6.45) is 2.54. The molecule has 0 bridgehead atoms. The van der Waals surface area contributed by atoms with Crippen LogP contribution in [0, 0.1) is 5.92 Å². The Hall–Kier alpha value is -2.08. The number of amides is 2. The Morgan fingerprint density at radius 1 is 1.14 bits per heavy atom. The molecule has 1 aromatic rings. The molecular formula is C16H23N3O3. The van der Waals surface area contributed by atoms with Crippen LogP contribution in [0.15, 0.2) is 24.3 Å². The van der Waals surface area contributed by atoms with Gasteiger partial charge in [-0.25, -0.2) is 0 Å². The first-order valence-corrected chi connectivity index (χ1v) is 7.58. The van der Waals surface area contributed by atoms with Gasteiger partial charge in [-0.3, -0.25) is 9.59 Å². The van der Waals surface area contributed by atoms with Crippen molar-refractivity contribution in [1.29, 1.82) is 0 Å². The van der Waals surface area contributed by atoms with Gasteiger partial charge < -0.3 is 20.7 Å². The van der Waals surface area contributed by atoms with E-state index in [0.29, 0.717) is 30.9 Å². The Morgan fingerprint density at radius 3 is 2.45 bits per heavy atom. The van der Waals surface area contributed by atoms with Crippen molar-refractivity contribution in [3.8, 4) is 5.75 Å². The van der Waals surface area contributed by atoms with Crippen molar-refractivity contribution in [3.63, 3.8) is 0 Å². The maximum absolute atomic E-state index is 11.9. The molecule has 0 aliphatic heterocycles. The van der Waals surface area contributed by atoms with Crippen molar-refractivity contribution in [2.45, 2.75) is 12.8 Å². The van der Waals surface area contributed by atoms with E-state index >= 15 is 0 Å². The molecule has 1 aliphatic carbocycles. The normalized spacial score (nSPS) is 13.5. The SMILES string of the molecule is COc1ccc(C(=O)NCCNC(=O)CNCC2CC2)cc1. The van der Waals surface area contributed by atoms with Crippen LogP contribution in [0.1, 0.15) is 23.2 Å². The maximum atomic E-state index is 11.9. The summed E-state index contributed by atoms with van der Waals surface area (Å²) in [6, 6.07) is 6.88. The molecule has 2 amide bonds. The fourth-order valence-corrected chi connectivity index (χ4v) is 2.00. The average Bonchev–Trinajstić information content (AvgIpc) is 3.35. The highest BCUT2D eigenvalue weighted by Gasteiger charge is 2.20. The predicted octanol–water partition coefficient (Wildman–Crippen LogP) is 0.541. The van der Waals surface area contributed by atoms with E-state index in [9.17, 15) is 9.59 Å². The Morgan fingerprint density at radius 2 is 1.82 bits per heavy atom. The molecule has 0 atom stereocenters. The highest BCUT2D eigenvalue weighted by molar-refractivity contribution is 5.94. The molecule has 1 aliphatic rings. The van der Waals surface area contributed by atoms with Gasteiger partial charge in [-0.2, -0.15) is 0 Å². The lowest BCUT2D eigenvalue weighted by atomic mass is 10.2. The Bertz CT molecular complexity index is 498. The monoisotopic (exact) mass is 305 g/mol. The van der Waals surface area contributed by atoms with Gasteiger partial charge in [0.25, 0.3) is 5.91 Å². The van der Waals surface area contributed by atoms with E-state index in [1.54, 1.807) is 31.4 Å². The summed E-state index contributed by atoms with van der Waals surface area (Å²) in [5.41, 5.74) is 0.568. The lowest BCUT2D eigenvalue weighted by Crippen LogP contribution is -2.39. The van der Waals surface area contributed by atoms with Crippen molar-refractivity contribution in [2.24, 2.45) is 5.92 Å². The van der Waals surface area contributed by atoms with Gasteiger partial charge in [0.05, 0.1) is 13.7 Å². The summed E-state index contributed by atoms with van der Waals surface area (Å²) >= 11 is 0. The Balaban J connectivity index is 1.56. The molecule has 0 aromatic heterocycles. The van der Waals surface area contributed by atoms with Crippen LogP contribution >= 0.6 is 0 Å². The van der Waals surface area contributed by atoms with E-state index < -0.39 is 0 Å². The maximum Gasteiger partial charge on any atom is 0.251 e. The number of hydrogen-bond acceptors (Lipinski definition) is 4. The minimum absolute atomic E-state index is 0.0423. The van der Waals surface area contributed by atoms with E-state index in [4.69, 9.17) is 4.74 Å². The van der Waals surface area contributed by atoms with E-state index in [2.05, 4.69) is 16.0 Å². The molecule has 0 saturated heterocycles. The van der Waals surface area contributed by atoms with Gasteiger partial charge in [-0.15, -0.1) is 0 Å². The number of carbonyl (C=O) groups excluding carboxylic acids is 2. The lowest BCUT2D eigenvalue weighted by molar-refractivity contribution is -0.120. The molecule has 0 radical (unpaired) electrons. The average molecular weight is 305 g/mol. The number of carbonyl (C=O) groups is 2. The summed E-state index contributed by atoms with van der Waals surface area (Å²) in [4.78, 5) is 23.4. The molecule has 120 valence electrons. The predicted molar refractivity (Wildman–Crippen MR) is 83.9 cm³/mol. The number of benzene rings is 1. The van der Waals surface area contributed by atoms with Gasteiger partial charge >= 0.3 is 0 Å². The van der Waals surface area contributed by atoms with Crippen LogP contribution in [0.3, 0.4) is 0 Å². The standard InChI is InChI=1S/C16H23N3O3/c1-22-14-6-4-13(5-7-14)16(21)19-9-8-18-15(20)11-17-10-12-2-3-12/h4-7,12,17H,2-3,8-11H2,1H3,(H,18,20)(H,19,21). The van der Waals surface area contributed by atoms with Crippen LogP contribution in [-0.2, 0) is 4.79 Å². The van der Waals surface area contributed by atoms with Gasteiger partial charge in [0.15, 0.2) is 0 Å². The quantitative estimate of drug-likeness (QED) is 0.582. The molecule has 3 N–H and O–H groups in total. The van der Waals surface area contributed by atoms with Crippen LogP contribution < -0.4 is 20.7 Å². The third-order valence-electron chi connectivity index (χ3n) is 3.50. The summed E-state index contributed by atoms with van der Waals surface area (Å²) in [6.45, 7) is 2.08. The third-order valence-corrected chi connectivity index (χ3v) is 3.50. The first-order valence-electron chi connectivity index (χ1n) is 7.58. The summed E-state index contributed by atoms with van der Waals surface area (Å²) in [7, 11) is 1.58. The first kappa shape index (κ1) is 16.3. The second kappa shape index (κ2) is 8.38. The second-order valence-corrected chi connectivity index (χ2v) is 5.41. The van der Waals surface area contributed by atoms with Crippen LogP contribution in [0.4, 0.5) is 0 Å². The largest absolute Gasteiger partial charge is 0.497 e. The minimum Gasteiger partial charge on any atom is -0.497 e. The zero-order chi connectivity index (χ0) is 15.8. The number of methoxy groups -OCH3 is 1. The van der Waals surface area contributed by atoms with Crippen molar-refractivity contribution in [3.05, 3.63) is 29.8 Å². The topological polar surface area (TPSA) is 79.5 Å². The molecule has 6 nitrogen and oxygen atoms in total. The molecule has 0 spiro atoms. The van der Waals surface area contributed by atoms with Gasteiger partial charge in [-0.1, -0.05) is 0 Å². The van der Waals surface area contributed by atoms with Gasteiger partial charge in [-0.05, 0) is 49.6 Å². The number of ether oxygens (including phenoxy) is 1. The lowest BCUT2D eigenvalue weighted by Gasteiger charge is -2.08. The molecule has 0 heterocycles. The smallest absolute Gasteiger partial charge is 0.251 e. The molecular weight excluding hydrogens is 282 g/mol. The first-order chi connectivity index (χ1) is 10.7. The van der Waals surface area contributed by atoms with Crippen LogP contribution in [-0.4, -0.2) is 45.1 Å². The number of nitrogens with one attached hydrogen (secondary N) is 3. The summed E-state index contributed by atoms with van der Waals surface area (Å²) in [5, 5.41) is 8.65. The minimum atomic E-state index is -0.163. The summed E-state index contributed by atoms with van der Waals surface area (Å²) in [5.74, 6) is 1.27.